The van der Waals surface area contributed by atoms with Crippen LogP contribution in [0.5, 0.6) is 11.5 Å². The molecule has 2 heterocycles. The molecule has 1 aliphatic rings. The number of hydrogen-bond donors (Lipinski definition) is 0. The van der Waals surface area contributed by atoms with Gasteiger partial charge in [-0.1, -0.05) is 36.4 Å². The molecule has 0 spiro atoms. The van der Waals surface area contributed by atoms with Crippen LogP contribution >= 0.6 is 11.3 Å². The van der Waals surface area contributed by atoms with Crippen molar-refractivity contribution in [3.8, 4) is 11.5 Å². The fourth-order valence-corrected chi connectivity index (χ4v) is 4.05. The summed E-state index contributed by atoms with van der Waals surface area (Å²) in [4.78, 5) is 14.3. The third-order valence-corrected chi connectivity index (χ3v) is 5.29. The van der Waals surface area contributed by atoms with Crippen LogP contribution in [0.15, 0.2) is 65.4 Å². The highest BCUT2D eigenvalue weighted by atomic mass is 32.1. The fourth-order valence-electron chi connectivity index (χ4n) is 3.39. The average Bonchev–Trinajstić information content (AvgIpc) is 3.17. The Hall–Kier alpha value is -2.80. The van der Waals surface area contributed by atoms with Gasteiger partial charge >= 0.3 is 6.18 Å². The van der Waals surface area contributed by atoms with Crippen molar-refractivity contribution in [3.63, 3.8) is 0 Å². The highest BCUT2D eigenvalue weighted by Crippen LogP contribution is 2.45. The first kappa shape index (κ1) is 18.6. The summed E-state index contributed by atoms with van der Waals surface area (Å²) in [7, 11) is 0. The molecular formula is C21H16F3NO2S. The molecule has 4 rings (SSSR count). The predicted molar refractivity (Wildman–Crippen MR) is 101 cm³/mol. The molecule has 3 nitrogen and oxygen atoms in total. The van der Waals surface area contributed by atoms with Crippen molar-refractivity contribution in [3.05, 3.63) is 82.0 Å². The standard InChI is InChI=1S/C21H16F3NO2S/c22-21(23,24)13-25(11-14-9-10-28-12-14)20(26)19-15-5-1-3-7-17(15)27-18-8-4-2-6-16(18)19/h1-10,12,19H,11,13H2. The number of benzene rings is 2. The van der Waals surface area contributed by atoms with Crippen molar-refractivity contribution >= 4 is 17.2 Å². The molecule has 0 atom stereocenters. The second kappa shape index (κ2) is 7.31. The van der Waals surface area contributed by atoms with Crippen molar-refractivity contribution in [2.45, 2.75) is 18.6 Å². The lowest BCUT2D eigenvalue weighted by atomic mass is 9.86. The van der Waals surface area contributed by atoms with Crippen molar-refractivity contribution in [2.75, 3.05) is 6.54 Å². The smallest absolute Gasteiger partial charge is 0.406 e. The fraction of sp³-hybridized carbons (Fsp3) is 0.190. The van der Waals surface area contributed by atoms with Crippen LogP contribution in [0.25, 0.3) is 0 Å². The molecule has 1 aliphatic heterocycles. The maximum Gasteiger partial charge on any atom is 0.406 e. The number of alkyl halides is 3. The maximum absolute atomic E-state index is 13.4. The van der Waals surface area contributed by atoms with Gasteiger partial charge < -0.3 is 9.64 Å². The molecule has 0 N–H and O–H groups in total. The largest absolute Gasteiger partial charge is 0.457 e. The number of fused-ring (bicyclic) bond motifs is 2. The molecule has 0 saturated carbocycles. The number of rotatable bonds is 4. The normalized spacial score (nSPS) is 13.4. The van der Waals surface area contributed by atoms with E-state index < -0.39 is 24.5 Å². The van der Waals surface area contributed by atoms with Crippen LogP contribution in [0.1, 0.15) is 22.6 Å². The molecule has 0 bridgehead atoms. The van der Waals surface area contributed by atoms with E-state index in [0.717, 1.165) is 4.90 Å². The predicted octanol–water partition coefficient (Wildman–Crippen LogP) is 5.58. The number of ether oxygens (including phenoxy) is 1. The van der Waals surface area contributed by atoms with Gasteiger partial charge in [0.15, 0.2) is 0 Å². The van der Waals surface area contributed by atoms with Gasteiger partial charge in [-0.25, -0.2) is 0 Å². The monoisotopic (exact) mass is 403 g/mol. The summed E-state index contributed by atoms with van der Waals surface area (Å²) in [5, 5.41) is 3.53. The molecule has 0 unspecified atom stereocenters. The molecule has 7 heteroatoms. The van der Waals surface area contributed by atoms with Crippen molar-refractivity contribution < 1.29 is 22.7 Å². The quantitative estimate of drug-likeness (QED) is 0.569. The van der Waals surface area contributed by atoms with E-state index in [0.29, 0.717) is 28.2 Å². The number of carbonyl (C=O) groups is 1. The zero-order chi connectivity index (χ0) is 19.7. The lowest BCUT2D eigenvalue weighted by Gasteiger charge is -2.32. The third kappa shape index (κ3) is 3.75. The SMILES string of the molecule is O=C(C1c2ccccc2Oc2ccccc21)N(Cc1ccsc1)CC(F)(F)F. The van der Waals surface area contributed by atoms with Gasteiger partial charge in [-0.2, -0.15) is 24.5 Å². The molecular weight excluding hydrogens is 387 g/mol. The molecule has 0 aliphatic carbocycles. The number of carbonyl (C=O) groups excluding carboxylic acids is 1. The van der Waals surface area contributed by atoms with E-state index in [1.54, 1.807) is 65.4 Å². The average molecular weight is 403 g/mol. The number of para-hydroxylation sites is 2. The molecule has 28 heavy (non-hydrogen) atoms. The lowest BCUT2D eigenvalue weighted by Crippen LogP contribution is -2.41. The van der Waals surface area contributed by atoms with E-state index in [2.05, 4.69) is 0 Å². The lowest BCUT2D eigenvalue weighted by molar-refractivity contribution is -0.162. The van der Waals surface area contributed by atoms with Crippen molar-refractivity contribution in [2.24, 2.45) is 0 Å². The number of nitrogens with zero attached hydrogens (tertiary/aromatic N) is 1. The number of thiophene rings is 1. The Morgan fingerprint density at radius 3 is 2.14 bits per heavy atom. The van der Waals surface area contributed by atoms with Crippen LogP contribution in [0.4, 0.5) is 13.2 Å². The highest BCUT2D eigenvalue weighted by molar-refractivity contribution is 7.07. The van der Waals surface area contributed by atoms with E-state index in [1.807, 2.05) is 0 Å². The number of amides is 1. The van der Waals surface area contributed by atoms with Crippen LogP contribution in [-0.2, 0) is 11.3 Å². The number of hydrogen-bond acceptors (Lipinski definition) is 3. The molecule has 2 aromatic carbocycles. The summed E-state index contributed by atoms with van der Waals surface area (Å²) in [6.07, 6.45) is -4.49. The van der Waals surface area contributed by atoms with Crippen LogP contribution in [0.2, 0.25) is 0 Å². The van der Waals surface area contributed by atoms with E-state index in [1.165, 1.54) is 11.3 Å². The van der Waals surface area contributed by atoms with Gasteiger partial charge in [0.2, 0.25) is 5.91 Å². The molecule has 1 aromatic heterocycles. The minimum atomic E-state index is -4.49. The van der Waals surface area contributed by atoms with Gasteiger partial charge in [0.05, 0.1) is 5.92 Å². The first-order valence-electron chi connectivity index (χ1n) is 8.65. The van der Waals surface area contributed by atoms with Gasteiger partial charge in [0.25, 0.3) is 0 Å². The Morgan fingerprint density at radius 1 is 1.00 bits per heavy atom. The van der Waals surface area contributed by atoms with Crippen LogP contribution in [0.3, 0.4) is 0 Å². The summed E-state index contributed by atoms with van der Waals surface area (Å²) in [6.45, 7) is -1.40. The van der Waals surface area contributed by atoms with Crippen molar-refractivity contribution in [1.29, 1.82) is 0 Å². The zero-order valence-electron chi connectivity index (χ0n) is 14.6. The molecule has 0 radical (unpaired) electrons. The Labute approximate surface area is 164 Å². The minimum absolute atomic E-state index is 0.0937. The van der Waals surface area contributed by atoms with E-state index >= 15 is 0 Å². The van der Waals surface area contributed by atoms with Gasteiger partial charge in [-0.3, -0.25) is 4.79 Å². The zero-order valence-corrected chi connectivity index (χ0v) is 15.5. The molecule has 0 saturated heterocycles. The van der Waals surface area contributed by atoms with Gasteiger partial charge in [-0.05, 0) is 34.5 Å². The minimum Gasteiger partial charge on any atom is -0.457 e. The van der Waals surface area contributed by atoms with Crippen LogP contribution in [0, 0.1) is 0 Å². The van der Waals surface area contributed by atoms with E-state index in [-0.39, 0.29) is 6.54 Å². The Balaban J connectivity index is 1.76. The first-order valence-corrected chi connectivity index (χ1v) is 9.59. The molecule has 3 aromatic rings. The summed E-state index contributed by atoms with van der Waals surface area (Å²) >= 11 is 1.38. The Bertz CT molecular complexity index is 940. The molecule has 1 amide bonds. The summed E-state index contributed by atoms with van der Waals surface area (Å²) in [5.41, 5.74) is 1.82. The maximum atomic E-state index is 13.4. The van der Waals surface area contributed by atoms with Gasteiger partial charge in [-0.15, -0.1) is 0 Å². The second-order valence-electron chi connectivity index (χ2n) is 6.55. The topological polar surface area (TPSA) is 29.5 Å². The van der Waals surface area contributed by atoms with Gasteiger partial charge in [0.1, 0.15) is 18.0 Å². The second-order valence-corrected chi connectivity index (χ2v) is 7.33. The third-order valence-electron chi connectivity index (χ3n) is 4.56. The van der Waals surface area contributed by atoms with E-state index in [9.17, 15) is 18.0 Å². The summed E-state index contributed by atoms with van der Waals surface area (Å²) in [5.74, 6) is -0.460. The summed E-state index contributed by atoms with van der Waals surface area (Å²) in [6, 6.07) is 15.7. The summed E-state index contributed by atoms with van der Waals surface area (Å²) < 4.78 is 45.6. The Kier molecular flexibility index (Phi) is 4.85. The van der Waals surface area contributed by atoms with Crippen molar-refractivity contribution in [1.82, 2.24) is 4.90 Å². The van der Waals surface area contributed by atoms with E-state index in [4.69, 9.17) is 4.74 Å². The molecule has 144 valence electrons. The molecule has 0 fully saturated rings. The van der Waals surface area contributed by atoms with Gasteiger partial charge in [0, 0.05) is 17.7 Å². The first-order chi connectivity index (χ1) is 13.4. The Morgan fingerprint density at radius 2 is 1.61 bits per heavy atom. The van der Waals surface area contributed by atoms with Crippen LogP contribution in [-0.4, -0.2) is 23.5 Å². The number of halogens is 3. The van der Waals surface area contributed by atoms with Crippen LogP contribution < -0.4 is 4.74 Å². The highest BCUT2D eigenvalue weighted by Gasteiger charge is 2.39.